The summed E-state index contributed by atoms with van der Waals surface area (Å²) in [7, 11) is 0. The van der Waals surface area contributed by atoms with Crippen LogP contribution < -0.4 is 0 Å². The van der Waals surface area contributed by atoms with E-state index < -0.39 is 6.10 Å². The molecule has 0 bridgehead atoms. The molecule has 1 aliphatic carbocycles. The summed E-state index contributed by atoms with van der Waals surface area (Å²) in [5.41, 5.74) is 1.76. The van der Waals surface area contributed by atoms with Crippen LogP contribution in [0.25, 0.3) is 0 Å². The molecule has 0 aromatic carbocycles. The number of ketones is 1. The molecule has 0 amide bonds. The molecule has 1 aliphatic rings. The lowest BCUT2D eigenvalue weighted by Gasteiger charge is -2.07. The lowest BCUT2D eigenvalue weighted by Crippen LogP contribution is -2.21. The molecule has 2 heteroatoms. The molecule has 2 nitrogen and oxygen atoms in total. The average Bonchev–Trinajstić information content (AvgIpc) is 2.07. The Morgan fingerprint density at radius 1 is 1.40 bits per heavy atom. The molecule has 0 saturated heterocycles. The summed E-state index contributed by atoms with van der Waals surface area (Å²) in [5, 5.41) is 9.22. The smallest absolute Gasteiger partial charge is 0.187 e. The van der Waals surface area contributed by atoms with Gasteiger partial charge in [-0.3, -0.25) is 4.79 Å². The fraction of sp³-hybridized carbons (Fsp3) is 0.625. The molecule has 0 unspecified atom stereocenters. The van der Waals surface area contributed by atoms with Gasteiger partial charge in [0.15, 0.2) is 5.78 Å². The Hall–Kier alpha value is -0.630. The standard InChI is InChI=1S/C8H12O2/c1-4-5(2)7(9)8(10)6(4)3/h5,7,9H,1-3H3/t5-,7-/m1/s1. The van der Waals surface area contributed by atoms with E-state index in [-0.39, 0.29) is 11.7 Å². The van der Waals surface area contributed by atoms with Gasteiger partial charge in [0, 0.05) is 5.92 Å². The maximum Gasteiger partial charge on any atom is 0.187 e. The van der Waals surface area contributed by atoms with Crippen molar-refractivity contribution in [1.82, 2.24) is 0 Å². The highest BCUT2D eigenvalue weighted by Gasteiger charge is 2.32. The Labute approximate surface area is 60.6 Å². The van der Waals surface area contributed by atoms with Crippen molar-refractivity contribution in [2.75, 3.05) is 0 Å². The Morgan fingerprint density at radius 2 is 1.90 bits per heavy atom. The molecule has 0 radical (unpaired) electrons. The summed E-state index contributed by atoms with van der Waals surface area (Å²) in [6.45, 7) is 5.53. The van der Waals surface area contributed by atoms with E-state index >= 15 is 0 Å². The molecule has 0 aromatic heterocycles. The molecule has 0 aliphatic heterocycles. The Bertz CT molecular complexity index is 203. The Balaban J connectivity index is 2.99. The first-order chi connectivity index (χ1) is 4.55. The van der Waals surface area contributed by atoms with Crippen molar-refractivity contribution in [2.45, 2.75) is 26.9 Å². The number of carbonyl (C=O) groups excluding carboxylic acids is 1. The molecule has 0 spiro atoms. The van der Waals surface area contributed by atoms with Gasteiger partial charge in [-0.25, -0.2) is 0 Å². The zero-order valence-corrected chi connectivity index (χ0v) is 6.51. The van der Waals surface area contributed by atoms with Gasteiger partial charge >= 0.3 is 0 Å². The number of aliphatic hydroxyl groups is 1. The van der Waals surface area contributed by atoms with E-state index in [1.807, 2.05) is 13.8 Å². The van der Waals surface area contributed by atoms with E-state index in [0.29, 0.717) is 0 Å². The van der Waals surface area contributed by atoms with E-state index in [1.54, 1.807) is 6.92 Å². The van der Waals surface area contributed by atoms with Crippen molar-refractivity contribution in [2.24, 2.45) is 5.92 Å². The predicted molar refractivity (Wildman–Crippen MR) is 38.6 cm³/mol. The van der Waals surface area contributed by atoms with E-state index in [1.165, 1.54) is 0 Å². The molecule has 0 aromatic rings. The highest BCUT2D eigenvalue weighted by atomic mass is 16.3. The van der Waals surface area contributed by atoms with Crippen molar-refractivity contribution in [3.63, 3.8) is 0 Å². The van der Waals surface area contributed by atoms with Crippen LogP contribution in [-0.4, -0.2) is 17.0 Å². The fourth-order valence-electron chi connectivity index (χ4n) is 1.22. The molecule has 1 rings (SSSR count). The number of carbonyl (C=O) groups is 1. The summed E-state index contributed by atoms with van der Waals surface area (Å²) in [6, 6.07) is 0. The van der Waals surface area contributed by atoms with Crippen LogP contribution in [0.5, 0.6) is 0 Å². The lowest BCUT2D eigenvalue weighted by atomic mass is 10.0. The van der Waals surface area contributed by atoms with Crippen molar-refractivity contribution in [1.29, 1.82) is 0 Å². The number of aliphatic hydroxyl groups excluding tert-OH is 1. The summed E-state index contributed by atoms with van der Waals surface area (Å²) >= 11 is 0. The second-order valence-corrected chi connectivity index (χ2v) is 2.91. The van der Waals surface area contributed by atoms with Gasteiger partial charge < -0.3 is 5.11 Å². The van der Waals surface area contributed by atoms with Gasteiger partial charge in [0.05, 0.1) is 0 Å². The number of rotatable bonds is 0. The molecule has 1 N–H and O–H groups in total. The highest BCUT2D eigenvalue weighted by molar-refractivity contribution is 6.01. The van der Waals surface area contributed by atoms with E-state index in [0.717, 1.165) is 11.1 Å². The Kier molecular flexibility index (Phi) is 1.65. The van der Waals surface area contributed by atoms with Gasteiger partial charge in [-0.15, -0.1) is 0 Å². The second-order valence-electron chi connectivity index (χ2n) is 2.91. The van der Waals surface area contributed by atoms with Gasteiger partial charge in [0.1, 0.15) is 6.10 Å². The van der Waals surface area contributed by atoms with Crippen LogP contribution in [0.15, 0.2) is 11.1 Å². The van der Waals surface area contributed by atoms with Crippen molar-refractivity contribution < 1.29 is 9.90 Å². The predicted octanol–water partition coefficient (Wildman–Crippen LogP) is 0.903. The summed E-state index contributed by atoms with van der Waals surface area (Å²) in [4.78, 5) is 11.0. The maximum atomic E-state index is 11.0. The zero-order chi connectivity index (χ0) is 7.89. The minimum absolute atomic E-state index is 0.0208. The van der Waals surface area contributed by atoms with Crippen molar-refractivity contribution in [3.05, 3.63) is 11.1 Å². The number of hydrogen-bond acceptors (Lipinski definition) is 2. The minimum Gasteiger partial charge on any atom is -0.384 e. The lowest BCUT2D eigenvalue weighted by molar-refractivity contribution is -0.123. The quantitative estimate of drug-likeness (QED) is 0.543. The molecular weight excluding hydrogens is 128 g/mol. The first kappa shape index (κ1) is 7.48. The SMILES string of the molecule is CC1=C(C)[C@@H](C)[C@@H](O)C1=O. The molecule has 10 heavy (non-hydrogen) atoms. The first-order valence-corrected chi connectivity index (χ1v) is 3.45. The maximum absolute atomic E-state index is 11.0. The summed E-state index contributed by atoms with van der Waals surface area (Å²) in [5.74, 6) is -0.0856. The highest BCUT2D eigenvalue weighted by Crippen LogP contribution is 2.28. The van der Waals surface area contributed by atoms with Crippen LogP contribution in [-0.2, 0) is 4.79 Å². The van der Waals surface area contributed by atoms with Crippen LogP contribution in [0.3, 0.4) is 0 Å². The van der Waals surface area contributed by atoms with E-state index in [2.05, 4.69) is 0 Å². The summed E-state index contributed by atoms with van der Waals surface area (Å²) in [6.07, 6.45) is -0.778. The number of Topliss-reactive ketones (excluding diaryl/α,β-unsaturated/α-hetero) is 1. The molecule has 0 fully saturated rings. The molecule has 56 valence electrons. The van der Waals surface area contributed by atoms with Gasteiger partial charge in [-0.2, -0.15) is 0 Å². The van der Waals surface area contributed by atoms with Crippen LogP contribution in [0.1, 0.15) is 20.8 Å². The molecule has 0 saturated carbocycles. The largest absolute Gasteiger partial charge is 0.384 e. The molecular formula is C8H12O2. The van der Waals surface area contributed by atoms with Crippen molar-refractivity contribution >= 4 is 5.78 Å². The Morgan fingerprint density at radius 3 is 2.00 bits per heavy atom. The van der Waals surface area contributed by atoms with Crippen molar-refractivity contribution in [3.8, 4) is 0 Å². The number of hydrogen-bond donors (Lipinski definition) is 1. The molecule has 0 heterocycles. The van der Waals surface area contributed by atoms with Crippen LogP contribution >= 0.6 is 0 Å². The third kappa shape index (κ3) is 0.797. The normalized spacial score (nSPS) is 33.8. The molecule has 2 atom stereocenters. The third-order valence-electron chi connectivity index (χ3n) is 2.39. The topological polar surface area (TPSA) is 37.3 Å². The van der Waals surface area contributed by atoms with Gasteiger partial charge in [-0.1, -0.05) is 12.5 Å². The van der Waals surface area contributed by atoms with Crippen LogP contribution in [0.2, 0.25) is 0 Å². The second kappa shape index (κ2) is 2.20. The summed E-state index contributed by atoms with van der Waals surface area (Å²) < 4.78 is 0. The zero-order valence-electron chi connectivity index (χ0n) is 6.51. The fourth-order valence-corrected chi connectivity index (χ4v) is 1.22. The minimum atomic E-state index is -0.778. The first-order valence-electron chi connectivity index (χ1n) is 3.45. The van der Waals surface area contributed by atoms with Gasteiger partial charge in [-0.05, 0) is 19.4 Å². The monoisotopic (exact) mass is 140 g/mol. The van der Waals surface area contributed by atoms with Gasteiger partial charge in [0.2, 0.25) is 0 Å². The third-order valence-corrected chi connectivity index (χ3v) is 2.39. The van der Waals surface area contributed by atoms with E-state index in [4.69, 9.17) is 0 Å². The average molecular weight is 140 g/mol. The van der Waals surface area contributed by atoms with E-state index in [9.17, 15) is 9.90 Å². The van der Waals surface area contributed by atoms with Crippen LogP contribution in [0.4, 0.5) is 0 Å². The van der Waals surface area contributed by atoms with Crippen LogP contribution in [0, 0.1) is 5.92 Å². The van der Waals surface area contributed by atoms with Gasteiger partial charge in [0.25, 0.3) is 0 Å².